The van der Waals surface area contributed by atoms with Crippen molar-refractivity contribution in [2.45, 2.75) is 78.2 Å². The molecule has 1 aliphatic rings. The molecule has 20 heavy (non-hydrogen) atoms. The highest BCUT2D eigenvalue weighted by molar-refractivity contribution is 5.78. The van der Waals surface area contributed by atoms with Crippen molar-refractivity contribution in [3.8, 4) is 0 Å². The standard InChI is InChI=1S/C17H34N2O/c1-13-7-9-16(10-8-13)11-12-19-17(20)14(2)5-4-6-15(3)18/h13-16H,4-12,18H2,1-3H3,(H,19,20). The molecule has 3 N–H and O–H groups in total. The first-order chi connectivity index (χ1) is 9.49. The summed E-state index contributed by atoms with van der Waals surface area (Å²) in [6, 6.07) is 0.249. The molecule has 0 aliphatic heterocycles. The molecule has 1 rings (SSSR count). The molecule has 0 radical (unpaired) electrons. The van der Waals surface area contributed by atoms with Crippen molar-refractivity contribution < 1.29 is 4.79 Å². The fourth-order valence-electron chi connectivity index (χ4n) is 3.07. The van der Waals surface area contributed by atoms with Gasteiger partial charge in [-0.2, -0.15) is 0 Å². The Bertz CT molecular complexity index is 270. The molecular weight excluding hydrogens is 248 g/mol. The minimum atomic E-state index is 0.125. The zero-order chi connectivity index (χ0) is 15.0. The Balaban J connectivity index is 2.07. The second-order valence-electron chi connectivity index (χ2n) is 7.01. The van der Waals surface area contributed by atoms with Gasteiger partial charge in [0.2, 0.25) is 5.91 Å². The van der Waals surface area contributed by atoms with Gasteiger partial charge in [-0.25, -0.2) is 0 Å². The van der Waals surface area contributed by atoms with E-state index in [1.165, 1.54) is 25.7 Å². The van der Waals surface area contributed by atoms with Crippen LogP contribution in [0.2, 0.25) is 0 Å². The number of nitrogens with two attached hydrogens (primary N) is 1. The average Bonchev–Trinajstić information content (AvgIpc) is 2.40. The van der Waals surface area contributed by atoms with Gasteiger partial charge in [0.1, 0.15) is 0 Å². The van der Waals surface area contributed by atoms with Crippen molar-refractivity contribution in [1.29, 1.82) is 0 Å². The largest absolute Gasteiger partial charge is 0.356 e. The van der Waals surface area contributed by atoms with Crippen molar-refractivity contribution in [2.75, 3.05) is 6.54 Å². The zero-order valence-electron chi connectivity index (χ0n) is 13.7. The number of carbonyl (C=O) groups is 1. The molecule has 0 aromatic heterocycles. The Morgan fingerprint density at radius 3 is 2.45 bits per heavy atom. The molecule has 1 amide bonds. The van der Waals surface area contributed by atoms with E-state index in [0.717, 1.165) is 44.1 Å². The van der Waals surface area contributed by atoms with E-state index in [-0.39, 0.29) is 17.9 Å². The molecule has 0 aromatic carbocycles. The van der Waals surface area contributed by atoms with Gasteiger partial charge in [0.15, 0.2) is 0 Å². The normalized spacial score (nSPS) is 26.0. The molecule has 0 spiro atoms. The Labute approximate surface area is 125 Å². The highest BCUT2D eigenvalue weighted by Gasteiger charge is 2.18. The van der Waals surface area contributed by atoms with E-state index in [1.807, 2.05) is 13.8 Å². The summed E-state index contributed by atoms with van der Waals surface area (Å²) in [5, 5.41) is 3.11. The Morgan fingerprint density at radius 1 is 1.20 bits per heavy atom. The molecule has 2 unspecified atom stereocenters. The summed E-state index contributed by atoms with van der Waals surface area (Å²) in [4.78, 5) is 12.0. The van der Waals surface area contributed by atoms with Gasteiger partial charge in [-0.1, -0.05) is 46.0 Å². The van der Waals surface area contributed by atoms with E-state index in [9.17, 15) is 4.79 Å². The summed E-state index contributed by atoms with van der Waals surface area (Å²) in [5.74, 6) is 2.09. The molecule has 3 heteroatoms. The molecule has 118 valence electrons. The smallest absolute Gasteiger partial charge is 0.222 e. The Morgan fingerprint density at radius 2 is 1.85 bits per heavy atom. The molecule has 0 heterocycles. The first kappa shape index (κ1) is 17.5. The molecule has 0 aromatic rings. The number of carbonyl (C=O) groups excluding carboxylic acids is 1. The van der Waals surface area contributed by atoms with E-state index in [0.29, 0.717) is 0 Å². The van der Waals surface area contributed by atoms with E-state index >= 15 is 0 Å². The Hall–Kier alpha value is -0.570. The maximum atomic E-state index is 12.0. The first-order valence-corrected chi connectivity index (χ1v) is 8.52. The lowest BCUT2D eigenvalue weighted by atomic mass is 9.81. The van der Waals surface area contributed by atoms with Crippen LogP contribution in [0, 0.1) is 17.8 Å². The average molecular weight is 282 g/mol. The summed E-state index contributed by atoms with van der Waals surface area (Å²) in [7, 11) is 0. The summed E-state index contributed by atoms with van der Waals surface area (Å²) < 4.78 is 0. The summed E-state index contributed by atoms with van der Waals surface area (Å²) in [5.41, 5.74) is 5.73. The molecule has 2 atom stereocenters. The highest BCUT2D eigenvalue weighted by atomic mass is 16.1. The van der Waals surface area contributed by atoms with Gasteiger partial charge in [-0.05, 0) is 38.0 Å². The lowest BCUT2D eigenvalue weighted by molar-refractivity contribution is -0.124. The third-order valence-electron chi connectivity index (χ3n) is 4.73. The minimum absolute atomic E-state index is 0.125. The van der Waals surface area contributed by atoms with Gasteiger partial charge in [0.05, 0.1) is 0 Å². The van der Waals surface area contributed by atoms with Gasteiger partial charge < -0.3 is 11.1 Å². The van der Waals surface area contributed by atoms with E-state index in [4.69, 9.17) is 5.73 Å². The van der Waals surface area contributed by atoms with Crippen LogP contribution in [-0.2, 0) is 4.79 Å². The van der Waals surface area contributed by atoms with Crippen molar-refractivity contribution in [3.63, 3.8) is 0 Å². The number of rotatable bonds is 8. The van der Waals surface area contributed by atoms with Crippen LogP contribution < -0.4 is 11.1 Å². The number of amides is 1. The van der Waals surface area contributed by atoms with Gasteiger partial charge in [0.25, 0.3) is 0 Å². The third kappa shape index (κ3) is 7.28. The SMILES string of the molecule is CC(N)CCCC(C)C(=O)NCCC1CCC(C)CC1. The van der Waals surface area contributed by atoms with Crippen LogP contribution in [0.15, 0.2) is 0 Å². The molecule has 1 aliphatic carbocycles. The molecule has 0 bridgehead atoms. The minimum Gasteiger partial charge on any atom is -0.356 e. The van der Waals surface area contributed by atoms with Gasteiger partial charge in [-0.3, -0.25) is 4.79 Å². The van der Waals surface area contributed by atoms with Crippen LogP contribution in [-0.4, -0.2) is 18.5 Å². The summed E-state index contributed by atoms with van der Waals surface area (Å²) in [6.07, 6.45) is 9.60. The first-order valence-electron chi connectivity index (χ1n) is 8.52. The van der Waals surface area contributed by atoms with Gasteiger partial charge in [-0.15, -0.1) is 0 Å². The Kier molecular flexibility index (Phi) is 8.20. The zero-order valence-corrected chi connectivity index (χ0v) is 13.7. The van der Waals surface area contributed by atoms with Crippen molar-refractivity contribution in [1.82, 2.24) is 5.32 Å². The quantitative estimate of drug-likeness (QED) is 0.716. The van der Waals surface area contributed by atoms with Crippen molar-refractivity contribution in [3.05, 3.63) is 0 Å². The number of hydrogen-bond donors (Lipinski definition) is 2. The summed E-state index contributed by atoms with van der Waals surface area (Å²) >= 11 is 0. The maximum Gasteiger partial charge on any atom is 0.222 e. The second-order valence-corrected chi connectivity index (χ2v) is 7.01. The van der Waals surface area contributed by atoms with Gasteiger partial charge >= 0.3 is 0 Å². The van der Waals surface area contributed by atoms with Crippen LogP contribution in [0.25, 0.3) is 0 Å². The van der Waals surface area contributed by atoms with Crippen LogP contribution in [0.1, 0.15) is 72.1 Å². The molecule has 0 saturated heterocycles. The number of hydrogen-bond acceptors (Lipinski definition) is 2. The maximum absolute atomic E-state index is 12.0. The molecule has 1 fully saturated rings. The predicted molar refractivity (Wildman–Crippen MR) is 85.4 cm³/mol. The second kappa shape index (κ2) is 9.38. The van der Waals surface area contributed by atoms with Crippen molar-refractivity contribution >= 4 is 5.91 Å². The van der Waals surface area contributed by atoms with Gasteiger partial charge in [0, 0.05) is 18.5 Å². The lowest BCUT2D eigenvalue weighted by Crippen LogP contribution is -2.31. The van der Waals surface area contributed by atoms with Crippen LogP contribution in [0.5, 0.6) is 0 Å². The van der Waals surface area contributed by atoms with Crippen LogP contribution in [0.4, 0.5) is 0 Å². The molecular formula is C17H34N2O. The van der Waals surface area contributed by atoms with E-state index in [2.05, 4.69) is 12.2 Å². The van der Waals surface area contributed by atoms with Crippen LogP contribution in [0.3, 0.4) is 0 Å². The van der Waals surface area contributed by atoms with E-state index < -0.39 is 0 Å². The summed E-state index contributed by atoms with van der Waals surface area (Å²) in [6.45, 7) is 7.26. The molecule has 1 saturated carbocycles. The topological polar surface area (TPSA) is 55.1 Å². The lowest BCUT2D eigenvalue weighted by Gasteiger charge is -2.26. The highest BCUT2D eigenvalue weighted by Crippen LogP contribution is 2.29. The van der Waals surface area contributed by atoms with Crippen molar-refractivity contribution in [2.24, 2.45) is 23.5 Å². The van der Waals surface area contributed by atoms with Crippen LogP contribution >= 0.6 is 0 Å². The third-order valence-corrected chi connectivity index (χ3v) is 4.73. The predicted octanol–water partition coefficient (Wildman–Crippen LogP) is 3.47. The number of nitrogens with one attached hydrogen (secondary N) is 1. The monoisotopic (exact) mass is 282 g/mol. The van der Waals surface area contributed by atoms with E-state index in [1.54, 1.807) is 0 Å². The fraction of sp³-hybridized carbons (Fsp3) is 0.941. The fourth-order valence-corrected chi connectivity index (χ4v) is 3.07. The molecule has 3 nitrogen and oxygen atoms in total.